The fourth-order valence-electron chi connectivity index (χ4n) is 6.03. The number of imidazole rings is 1. The number of aromatic amines is 1. The number of benzene rings is 2. The summed E-state index contributed by atoms with van der Waals surface area (Å²) in [6.07, 6.45) is 4.41. The van der Waals surface area contributed by atoms with Crippen LogP contribution in [0.15, 0.2) is 30.3 Å². The fraction of sp³-hybridized carbons (Fsp3) is 0.536. The van der Waals surface area contributed by atoms with Gasteiger partial charge in [0.2, 0.25) is 0 Å². The Morgan fingerprint density at radius 2 is 1.80 bits per heavy atom. The van der Waals surface area contributed by atoms with Crippen LogP contribution in [0.4, 0.5) is 4.39 Å². The molecule has 2 aliphatic rings. The van der Waals surface area contributed by atoms with Crippen molar-refractivity contribution >= 4 is 11.0 Å². The smallest absolute Gasteiger partial charge is 0.161 e. The van der Waals surface area contributed by atoms with Gasteiger partial charge in [-0.25, -0.2) is 9.37 Å². The summed E-state index contributed by atoms with van der Waals surface area (Å²) in [5.41, 5.74) is 3.20. The molecule has 6 nitrogen and oxygen atoms in total. The van der Waals surface area contributed by atoms with Crippen LogP contribution in [0.1, 0.15) is 51.0 Å². The lowest BCUT2D eigenvalue weighted by atomic mass is 9.80. The van der Waals surface area contributed by atoms with Crippen LogP contribution in [0.5, 0.6) is 11.5 Å². The second kappa shape index (κ2) is 10.2. The molecule has 2 N–H and O–H groups in total. The SMILES string of the molecule is COc1ccc(-c2nc3cc(F)c(C4CCN(C5CCNCC5)[C@@H](C(C)C)C4)cc3[nH]2)cc1OC. The van der Waals surface area contributed by atoms with E-state index in [2.05, 4.69) is 34.0 Å². The average molecular weight is 481 g/mol. The summed E-state index contributed by atoms with van der Waals surface area (Å²) < 4.78 is 26.2. The third-order valence-corrected chi connectivity index (χ3v) is 7.93. The van der Waals surface area contributed by atoms with Crippen LogP contribution in [-0.2, 0) is 0 Å². The monoisotopic (exact) mass is 480 g/mol. The molecule has 5 rings (SSSR count). The largest absolute Gasteiger partial charge is 0.493 e. The third kappa shape index (κ3) is 4.76. The summed E-state index contributed by atoms with van der Waals surface area (Å²) >= 11 is 0. The van der Waals surface area contributed by atoms with Crippen LogP contribution in [0.2, 0.25) is 0 Å². The molecule has 2 saturated heterocycles. The summed E-state index contributed by atoms with van der Waals surface area (Å²) in [6, 6.07) is 10.4. The van der Waals surface area contributed by atoms with E-state index >= 15 is 4.39 Å². The van der Waals surface area contributed by atoms with Crippen molar-refractivity contribution in [3.8, 4) is 22.9 Å². The van der Waals surface area contributed by atoms with Gasteiger partial charge < -0.3 is 19.8 Å². The zero-order valence-electron chi connectivity index (χ0n) is 21.2. The molecule has 1 aromatic heterocycles. The van der Waals surface area contributed by atoms with E-state index in [1.165, 1.54) is 12.8 Å². The van der Waals surface area contributed by atoms with Crippen LogP contribution in [0.3, 0.4) is 0 Å². The maximum atomic E-state index is 15.4. The van der Waals surface area contributed by atoms with Gasteiger partial charge in [0.15, 0.2) is 11.5 Å². The Bertz CT molecular complexity index is 1170. The Hall–Kier alpha value is -2.64. The molecule has 0 radical (unpaired) electrons. The Labute approximate surface area is 207 Å². The van der Waals surface area contributed by atoms with Crippen LogP contribution < -0.4 is 14.8 Å². The number of methoxy groups -OCH3 is 2. The van der Waals surface area contributed by atoms with Crippen molar-refractivity contribution in [2.75, 3.05) is 33.9 Å². The van der Waals surface area contributed by atoms with Crippen molar-refractivity contribution in [2.45, 2.75) is 57.5 Å². The predicted octanol–water partition coefficient (Wildman–Crippen LogP) is 5.34. The van der Waals surface area contributed by atoms with Crippen molar-refractivity contribution in [3.63, 3.8) is 0 Å². The second-order valence-electron chi connectivity index (χ2n) is 10.3. The van der Waals surface area contributed by atoms with E-state index in [9.17, 15) is 0 Å². The molecule has 2 aromatic carbocycles. The highest BCUT2D eigenvalue weighted by Crippen LogP contribution is 2.39. The van der Waals surface area contributed by atoms with E-state index in [0.717, 1.165) is 49.1 Å². The van der Waals surface area contributed by atoms with Crippen molar-refractivity contribution in [1.29, 1.82) is 0 Å². The molecule has 35 heavy (non-hydrogen) atoms. The van der Waals surface area contributed by atoms with Gasteiger partial charge in [-0.05, 0) is 87.0 Å². The number of likely N-dealkylation sites (tertiary alicyclic amines) is 1. The Morgan fingerprint density at radius 1 is 1.03 bits per heavy atom. The number of rotatable bonds is 6. The lowest BCUT2D eigenvalue weighted by Crippen LogP contribution is -2.53. The molecule has 7 heteroatoms. The van der Waals surface area contributed by atoms with Crippen LogP contribution >= 0.6 is 0 Å². The van der Waals surface area contributed by atoms with Crippen molar-refractivity contribution in [1.82, 2.24) is 20.2 Å². The summed E-state index contributed by atoms with van der Waals surface area (Å²) in [4.78, 5) is 10.8. The molecule has 2 atom stereocenters. The molecule has 1 unspecified atom stereocenters. The first kappa shape index (κ1) is 24.1. The highest BCUT2D eigenvalue weighted by atomic mass is 19.1. The normalized spacial score (nSPS) is 22.1. The van der Waals surface area contributed by atoms with Crippen LogP contribution in [0.25, 0.3) is 22.4 Å². The van der Waals surface area contributed by atoms with Gasteiger partial charge in [-0.1, -0.05) is 13.8 Å². The highest BCUT2D eigenvalue weighted by Gasteiger charge is 2.36. The zero-order chi connectivity index (χ0) is 24.5. The number of nitrogens with one attached hydrogen (secondary N) is 2. The van der Waals surface area contributed by atoms with E-state index in [-0.39, 0.29) is 11.7 Å². The van der Waals surface area contributed by atoms with Gasteiger partial charge in [-0.3, -0.25) is 4.90 Å². The maximum absolute atomic E-state index is 15.4. The summed E-state index contributed by atoms with van der Waals surface area (Å²) in [5.74, 6) is 2.61. The van der Waals surface area contributed by atoms with Gasteiger partial charge in [-0.15, -0.1) is 0 Å². The predicted molar refractivity (Wildman–Crippen MR) is 138 cm³/mol. The minimum Gasteiger partial charge on any atom is -0.493 e. The summed E-state index contributed by atoms with van der Waals surface area (Å²) in [6.45, 7) is 7.86. The number of nitrogens with zero attached hydrogens (tertiary/aromatic N) is 2. The summed E-state index contributed by atoms with van der Waals surface area (Å²) in [5, 5.41) is 3.48. The number of piperidine rings is 2. The number of hydrogen-bond donors (Lipinski definition) is 2. The standard InChI is InChI=1S/C28H37FN4O2/c1-17(2)25-13-18(9-12-33(25)20-7-10-30-11-8-20)21-15-23-24(16-22(21)29)32-28(31-23)19-5-6-26(34-3)27(14-19)35-4/h5-6,14-18,20,25,30H,7-13H2,1-4H3,(H,31,32)/t18?,25-/m1/s1. The summed E-state index contributed by atoms with van der Waals surface area (Å²) in [7, 11) is 3.23. The molecule has 0 bridgehead atoms. The topological polar surface area (TPSA) is 62.4 Å². The van der Waals surface area contributed by atoms with Gasteiger partial charge in [-0.2, -0.15) is 0 Å². The van der Waals surface area contributed by atoms with Crippen molar-refractivity contribution in [2.24, 2.45) is 5.92 Å². The maximum Gasteiger partial charge on any atom is 0.161 e. The van der Waals surface area contributed by atoms with Crippen molar-refractivity contribution < 1.29 is 13.9 Å². The Kier molecular flexibility index (Phi) is 6.98. The van der Waals surface area contributed by atoms with Crippen molar-refractivity contribution in [3.05, 3.63) is 41.7 Å². The Balaban J connectivity index is 1.41. The fourth-order valence-corrected chi connectivity index (χ4v) is 6.03. The number of hydrogen-bond acceptors (Lipinski definition) is 5. The van der Waals surface area contributed by atoms with Gasteiger partial charge in [0.05, 0.1) is 25.3 Å². The quantitative estimate of drug-likeness (QED) is 0.499. The van der Waals surface area contributed by atoms with Gasteiger partial charge in [0.25, 0.3) is 0 Å². The van der Waals surface area contributed by atoms with Crippen LogP contribution in [0, 0.1) is 11.7 Å². The number of halogens is 1. The first-order valence-electron chi connectivity index (χ1n) is 12.9. The first-order chi connectivity index (χ1) is 17.0. The molecule has 188 valence electrons. The van der Waals surface area contributed by atoms with Gasteiger partial charge >= 0.3 is 0 Å². The second-order valence-corrected chi connectivity index (χ2v) is 10.3. The number of fused-ring (bicyclic) bond motifs is 1. The minimum absolute atomic E-state index is 0.148. The number of H-pyrrole nitrogens is 1. The zero-order valence-corrected chi connectivity index (χ0v) is 21.2. The molecular formula is C28H37FN4O2. The van der Waals surface area contributed by atoms with E-state index in [4.69, 9.17) is 9.47 Å². The molecule has 2 fully saturated rings. The molecule has 3 heterocycles. The van der Waals surface area contributed by atoms with E-state index < -0.39 is 0 Å². The van der Waals surface area contributed by atoms with Gasteiger partial charge in [0, 0.05) is 23.7 Å². The number of ether oxygens (including phenoxy) is 2. The van der Waals surface area contributed by atoms with E-state index in [1.807, 2.05) is 24.3 Å². The molecule has 0 spiro atoms. The lowest BCUT2D eigenvalue weighted by molar-refractivity contribution is 0.0426. The molecule has 2 aliphatic heterocycles. The lowest BCUT2D eigenvalue weighted by Gasteiger charge is -2.47. The van der Waals surface area contributed by atoms with E-state index in [1.54, 1.807) is 20.3 Å². The molecular weight excluding hydrogens is 443 g/mol. The Morgan fingerprint density at radius 3 is 2.51 bits per heavy atom. The highest BCUT2D eigenvalue weighted by molar-refractivity contribution is 5.80. The average Bonchev–Trinajstić information content (AvgIpc) is 3.30. The molecule has 0 saturated carbocycles. The van der Waals surface area contributed by atoms with Crippen LogP contribution in [-0.4, -0.2) is 60.8 Å². The minimum atomic E-state index is -0.148. The van der Waals surface area contributed by atoms with E-state index in [0.29, 0.717) is 40.8 Å². The first-order valence-corrected chi connectivity index (χ1v) is 12.9. The third-order valence-electron chi connectivity index (χ3n) is 7.93. The van der Waals surface area contributed by atoms with Gasteiger partial charge in [0.1, 0.15) is 11.6 Å². The molecule has 0 aliphatic carbocycles. The number of aromatic nitrogens is 2. The molecule has 0 amide bonds. The molecule has 3 aromatic rings.